The van der Waals surface area contributed by atoms with Crippen LogP contribution in [0.5, 0.6) is 0 Å². The van der Waals surface area contributed by atoms with Gasteiger partial charge in [0.1, 0.15) is 0 Å². The Kier molecular flexibility index (Phi) is 2.20. The fourth-order valence-corrected chi connectivity index (χ4v) is 1.58. The van der Waals surface area contributed by atoms with Crippen LogP contribution in [0.15, 0.2) is 0 Å². The monoisotopic (exact) mass is 132 g/mol. The molecule has 2 atom stereocenters. The third kappa shape index (κ3) is 1.17. The van der Waals surface area contributed by atoms with Crippen LogP contribution in [-0.2, 0) is 4.18 Å². The minimum Gasteiger partial charge on any atom is -0.315 e. The zero-order valence-electron chi connectivity index (χ0n) is 5.13. The van der Waals surface area contributed by atoms with Crippen molar-refractivity contribution in [2.24, 2.45) is 5.92 Å². The van der Waals surface area contributed by atoms with Crippen molar-refractivity contribution in [1.29, 1.82) is 0 Å². The van der Waals surface area contributed by atoms with Gasteiger partial charge in [0.2, 0.25) is 0 Å². The lowest BCUT2D eigenvalue weighted by Gasteiger charge is -2.09. The molecule has 0 aromatic rings. The summed E-state index contributed by atoms with van der Waals surface area (Å²) in [6.45, 7) is 2.22. The molecular formula is C6H12OS. The molecule has 1 nitrogen and oxygen atoms in total. The molecule has 2 heteroatoms. The lowest BCUT2D eigenvalue weighted by Crippen LogP contribution is -2.09. The minimum atomic E-state index is 0.429. The molecule has 0 N–H and O–H groups in total. The molecule has 1 saturated carbocycles. The molecular weight excluding hydrogens is 120 g/mol. The van der Waals surface area contributed by atoms with Gasteiger partial charge in [-0.15, -0.1) is 0 Å². The van der Waals surface area contributed by atoms with Crippen LogP contribution >= 0.6 is 12.9 Å². The Morgan fingerprint density at radius 2 is 2.25 bits per heavy atom. The molecule has 1 aliphatic carbocycles. The van der Waals surface area contributed by atoms with E-state index in [4.69, 9.17) is 4.18 Å². The summed E-state index contributed by atoms with van der Waals surface area (Å²) in [6, 6.07) is 0. The Morgan fingerprint density at radius 3 is 2.50 bits per heavy atom. The Labute approximate surface area is 56.0 Å². The maximum absolute atomic E-state index is 4.92. The topological polar surface area (TPSA) is 9.23 Å². The highest BCUT2D eigenvalue weighted by Gasteiger charge is 2.22. The van der Waals surface area contributed by atoms with E-state index in [2.05, 4.69) is 19.8 Å². The minimum absolute atomic E-state index is 0.429. The summed E-state index contributed by atoms with van der Waals surface area (Å²) in [6.07, 6.45) is 4.25. The highest BCUT2D eigenvalue weighted by Crippen LogP contribution is 2.27. The molecule has 1 aliphatic rings. The zero-order valence-corrected chi connectivity index (χ0v) is 6.03. The molecule has 0 aromatic carbocycles. The first-order chi connectivity index (χ1) is 3.84. The van der Waals surface area contributed by atoms with Crippen LogP contribution in [0.4, 0.5) is 0 Å². The summed E-state index contributed by atoms with van der Waals surface area (Å²) in [5.41, 5.74) is 0. The summed E-state index contributed by atoms with van der Waals surface area (Å²) in [5.74, 6) is 0.729. The van der Waals surface area contributed by atoms with Crippen molar-refractivity contribution >= 4 is 12.9 Å². The van der Waals surface area contributed by atoms with Gasteiger partial charge in [-0.1, -0.05) is 13.3 Å². The number of rotatable bonds is 1. The summed E-state index contributed by atoms with van der Waals surface area (Å²) < 4.78 is 4.92. The first kappa shape index (κ1) is 6.43. The number of thiol groups is 1. The van der Waals surface area contributed by atoms with Crippen molar-refractivity contribution in [3.63, 3.8) is 0 Å². The Bertz CT molecular complexity index is 74.9. The third-order valence-electron chi connectivity index (χ3n) is 1.92. The molecule has 0 heterocycles. The van der Waals surface area contributed by atoms with Gasteiger partial charge in [0.25, 0.3) is 0 Å². The third-order valence-corrected chi connectivity index (χ3v) is 2.19. The van der Waals surface area contributed by atoms with Gasteiger partial charge >= 0.3 is 0 Å². The largest absolute Gasteiger partial charge is 0.315 e. The van der Waals surface area contributed by atoms with Crippen LogP contribution in [0.25, 0.3) is 0 Å². The molecule has 0 bridgehead atoms. The fraction of sp³-hybridized carbons (Fsp3) is 1.00. The lowest BCUT2D eigenvalue weighted by atomic mass is 10.1. The quantitative estimate of drug-likeness (QED) is 0.424. The van der Waals surface area contributed by atoms with Crippen molar-refractivity contribution in [3.05, 3.63) is 0 Å². The van der Waals surface area contributed by atoms with Crippen LogP contribution in [-0.4, -0.2) is 6.10 Å². The summed E-state index contributed by atoms with van der Waals surface area (Å²) in [5, 5.41) is 0. The standard InChI is InChI=1S/C6H12OS/c1-5-3-2-4-6(5)7-8/h5-6,8H,2-4H2,1H3/t5-,6+/m1/s1. The predicted octanol–water partition coefficient (Wildman–Crippen LogP) is 2.04. The van der Waals surface area contributed by atoms with Crippen LogP contribution in [0.3, 0.4) is 0 Å². The Balaban J connectivity index is 2.30. The van der Waals surface area contributed by atoms with E-state index in [1.54, 1.807) is 0 Å². The number of hydrogen-bond donors (Lipinski definition) is 1. The van der Waals surface area contributed by atoms with E-state index >= 15 is 0 Å². The van der Waals surface area contributed by atoms with E-state index in [-0.39, 0.29) is 0 Å². The highest BCUT2D eigenvalue weighted by molar-refractivity contribution is 7.75. The average molecular weight is 132 g/mol. The molecule has 48 valence electrons. The summed E-state index contributed by atoms with van der Waals surface area (Å²) in [4.78, 5) is 0. The van der Waals surface area contributed by atoms with E-state index in [1.807, 2.05) is 0 Å². The van der Waals surface area contributed by atoms with Gasteiger partial charge in [-0.25, -0.2) is 0 Å². The van der Waals surface area contributed by atoms with Crippen molar-refractivity contribution < 1.29 is 4.18 Å². The molecule has 0 amide bonds. The maximum atomic E-state index is 4.92. The zero-order chi connectivity index (χ0) is 5.98. The normalized spacial score (nSPS) is 38.2. The van der Waals surface area contributed by atoms with Crippen LogP contribution in [0, 0.1) is 5.92 Å². The van der Waals surface area contributed by atoms with Crippen LogP contribution in [0.2, 0.25) is 0 Å². The van der Waals surface area contributed by atoms with Gasteiger partial charge in [0.15, 0.2) is 0 Å². The molecule has 0 spiro atoms. The first-order valence-electron chi connectivity index (χ1n) is 3.15. The molecule has 0 unspecified atom stereocenters. The molecule has 8 heavy (non-hydrogen) atoms. The lowest BCUT2D eigenvalue weighted by molar-refractivity contribution is 0.206. The van der Waals surface area contributed by atoms with Crippen molar-refractivity contribution in [3.8, 4) is 0 Å². The molecule has 1 fully saturated rings. The smallest absolute Gasteiger partial charge is 0.0744 e. The van der Waals surface area contributed by atoms with Gasteiger partial charge in [0.05, 0.1) is 6.10 Å². The van der Waals surface area contributed by atoms with E-state index in [1.165, 1.54) is 19.3 Å². The van der Waals surface area contributed by atoms with Gasteiger partial charge in [-0.3, -0.25) is 0 Å². The summed E-state index contributed by atoms with van der Waals surface area (Å²) >= 11 is 3.78. The molecule has 0 aromatic heterocycles. The fourth-order valence-electron chi connectivity index (χ4n) is 1.27. The second-order valence-electron chi connectivity index (χ2n) is 2.55. The molecule has 0 radical (unpaired) electrons. The van der Waals surface area contributed by atoms with E-state index in [9.17, 15) is 0 Å². The number of hydrogen-bond acceptors (Lipinski definition) is 2. The van der Waals surface area contributed by atoms with Gasteiger partial charge in [-0.05, 0) is 31.7 Å². The first-order valence-corrected chi connectivity index (χ1v) is 3.51. The Morgan fingerprint density at radius 1 is 1.50 bits per heavy atom. The van der Waals surface area contributed by atoms with Gasteiger partial charge in [0, 0.05) is 0 Å². The second-order valence-corrected chi connectivity index (χ2v) is 2.76. The molecule has 1 rings (SSSR count). The SMILES string of the molecule is C[C@@H]1CCC[C@@H]1OS. The van der Waals surface area contributed by atoms with Crippen molar-refractivity contribution in [1.82, 2.24) is 0 Å². The van der Waals surface area contributed by atoms with Crippen molar-refractivity contribution in [2.75, 3.05) is 0 Å². The predicted molar refractivity (Wildman–Crippen MR) is 36.9 cm³/mol. The van der Waals surface area contributed by atoms with Gasteiger partial charge < -0.3 is 4.18 Å². The van der Waals surface area contributed by atoms with Crippen LogP contribution in [0.1, 0.15) is 26.2 Å². The maximum Gasteiger partial charge on any atom is 0.0744 e. The van der Waals surface area contributed by atoms with E-state index in [0.29, 0.717) is 6.10 Å². The van der Waals surface area contributed by atoms with E-state index < -0.39 is 0 Å². The highest BCUT2D eigenvalue weighted by atomic mass is 32.1. The second kappa shape index (κ2) is 2.74. The summed E-state index contributed by atoms with van der Waals surface area (Å²) in [7, 11) is 0. The Hall–Kier alpha value is 0.310. The van der Waals surface area contributed by atoms with Crippen molar-refractivity contribution in [2.45, 2.75) is 32.3 Å². The van der Waals surface area contributed by atoms with Gasteiger partial charge in [-0.2, -0.15) is 0 Å². The molecule has 0 saturated heterocycles. The average Bonchev–Trinajstić information content (AvgIpc) is 2.14. The molecule has 0 aliphatic heterocycles. The van der Waals surface area contributed by atoms with E-state index in [0.717, 1.165) is 5.92 Å². The van der Waals surface area contributed by atoms with Crippen LogP contribution < -0.4 is 0 Å².